The van der Waals surface area contributed by atoms with Gasteiger partial charge in [-0.05, 0) is 33.5 Å². The molecular weight excluding hydrogens is 244 g/mol. The van der Waals surface area contributed by atoms with Crippen LogP contribution < -0.4 is 10.7 Å². The molecule has 0 saturated carbocycles. The Morgan fingerprint density at radius 1 is 1.29 bits per heavy atom. The molecule has 14 heavy (non-hydrogen) atoms. The molecule has 2 amide bonds. The number of hydrogen-bond donors (Lipinski definition) is 0. The summed E-state index contributed by atoms with van der Waals surface area (Å²) in [6.07, 6.45) is 0. The van der Waals surface area contributed by atoms with Crippen LogP contribution in [0.2, 0.25) is 0 Å². The third-order valence-corrected chi connectivity index (χ3v) is 3.00. The minimum absolute atomic E-state index is 0.403. The number of hydrogen-bond acceptors (Lipinski definition) is 1. The summed E-state index contributed by atoms with van der Waals surface area (Å²) in [5, 5.41) is 1.33. The molecule has 0 bridgehead atoms. The Morgan fingerprint density at radius 2 is 2.00 bits per heavy atom. The lowest BCUT2D eigenvalue weighted by atomic mass is 10.0. The zero-order valence-corrected chi connectivity index (χ0v) is 9.50. The monoisotopic (exact) mass is 252 g/mol. The molecule has 1 aromatic rings. The van der Waals surface area contributed by atoms with Crippen LogP contribution >= 0.6 is 15.9 Å². The second-order valence-corrected chi connectivity index (χ2v) is 4.29. The van der Waals surface area contributed by atoms with Crippen LogP contribution in [0.1, 0.15) is 25.3 Å². The van der Waals surface area contributed by atoms with Crippen LogP contribution in [0.15, 0.2) is 26.6 Å². The highest BCUT2D eigenvalue weighted by atomic mass is 79.9. The van der Waals surface area contributed by atoms with E-state index < -0.39 is 6.03 Å². The van der Waals surface area contributed by atoms with Gasteiger partial charge in [-0.2, -0.15) is 9.98 Å². The van der Waals surface area contributed by atoms with E-state index in [1.165, 1.54) is 0 Å². The molecule has 0 unspecified atom stereocenters. The van der Waals surface area contributed by atoms with Gasteiger partial charge in [0.2, 0.25) is 0 Å². The Hall–Kier alpha value is -1.03. The molecule has 3 nitrogen and oxygen atoms in total. The number of nitrogens with zero attached hydrogens (tertiary/aromatic N) is 2. The van der Waals surface area contributed by atoms with Gasteiger partial charge in [-0.1, -0.05) is 19.9 Å². The molecule has 0 N–H and O–H groups in total. The number of halogens is 1. The topological polar surface area (TPSA) is 41.8 Å². The standard InChI is InChI=1S/C10H9BrN2O/c1-5(2)6-3-4-7-9(8(6)11)13-10(14)12-7/h3-5H,1-2H3. The molecule has 2 rings (SSSR count). The van der Waals surface area contributed by atoms with Gasteiger partial charge in [0.1, 0.15) is 5.36 Å². The lowest BCUT2D eigenvalue weighted by Gasteiger charge is -2.06. The molecule has 1 heterocycles. The number of amides is 2. The van der Waals surface area contributed by atoms with Gasteiger partial charge in [0, 0.05) is 4.47 Å². The van der Waals surface area contributed by atoms with Gasteiger partial charge in [-0.3, -0.25) is 0 Å². The van der Waals surface area contributed by atoms with E-state index in [1.54, 1.807) is 0 Å². The molecule has 0 aliphatic carbocycles. The first kappa shape index (κ1) is 9.52. The van der Waals surface area contributed by atoms with E-state index in [1.807, 2.05) is 12.1 Å². The molecule has 0 spiro atoms. The van der Waals surface area contributed by atoms with Crippen molar-refractivity contribution in [3.05, 3.63) is 32.9 Å². The number of fused-ring (bicyclic) bond motifs is 1. The molecule has 72 valence electrons. The van der Waals surface area contributed by atoms with Crippen LogP contribution in [-0.2, 0) is 0 Å². The van der Waals surface area contributed by atoms with Crippen LogP contribution in [0, 0.1) is 0 Å². The Labute approximate surface area is 89.7 Å². The van der Waals surface area contributed by atoms with Crippen LogP contribution in [0.25, 0.3) is 0 Å². The van der Waals surface area contributed by atoms with E-state index in [-0.39, 0.29) is 0 Å². The van der Waals surface area contributed by atoms with Crippen molar-refractivity contribution >= 4 is 22.0 Å². The summed E-state index contributed by atoms with van der Waals surface area (Å²) < 4.78 is 0.889. The van der Waals surface area contributed by atoms with Crippen molar-refractivity contribution in [1.82, 2.24) is 0 Å². The van der Waals surface area contributed by atoms with Crippen LogP contribution in [0.3, 0.4) is 0 Å². The molecule has 1 aliphatic rings. The first-order valence-electron chi connectivity index (χ1n) is 4.39. The summed E-state index contributed by atoms with van der Waals surface area (Å²) in [5.41, 5.74) is 1.15. The summed E-state index contributed by atoms with van der Waals surface area (Å²) in [6.45, 7) is 4.20. The van der Waals surface area contributed by atoms with Crippen LogP contribution in [-0.4, -0.2) is 6.03 Å². The van der Waals surface area contributed by atoms with E-state index >= 15 is 0 Å². The fraction of sp³-hybridized carbons (Fsp3) is 0.300. The molecule has 0 aromatic heterocycles. The summed E-state index contributed by atoms with van der Waals surface area (Å²) in [7, 11) is 0. The molecule has 0 saturated heterocycles. The second kappa shape index (κ2) is 3.28. The maximum absolute atomic E-state index is 11.0. The zero-order chi connectivity index (χ0) is 10.3. The number of carbonyl (C=O) groups is 1. The Balaban J connectivity index is 2.79. The van der Waals surface area contributed by atoms with Gasteiger partial charge in [0.25, 0.3) is 0 Å². The molecular formula is C10H9BrN2O. The highest BCUT2D eigenvalue weighted by Gasteiger charge is 2.12. The zero-order valence-electron chi connectivity index (χ0n) is 7.91. The van der Waals surface area contributed by atoms with Gasteiger partial charge >= 0.3 is 6.03 Å². The molecule has 1 aliphatic heterocycles. The first-order valence-corrected chi connectivity index (χ1v) is 5.18. The van der Waals surface area contributed by atoms with Crippen LogP contribution in [0.4, 0.5) is 4.79 Å². The summed E-state index contributed by atoms with van der Waals surface area (Å²) in [5.74, 6) is 0.403. The molecule has 0 radical (unpaired) electrons. The predicted molar refractivity (Wildman–Crippen MR) is 55.9 cm³/mol. The van der Waals surface area contributed by atoms with E-state index in [0.717, 1.165) is 10.0 Å². The van der Waals surface area contributed by atoms with Crippen molar-refractivity contribution in [2.45, 2.75) is 19.8 Å². The minimum Gasteiger partial charge on any atom is -0.244 e. The molecule has 0 atom stereocenters. The Kier molecular flexibility index (Phi) is 2.23. The number of carbonyl (C=O) groups excluding carboxylic acids is 1. The smallest absolute Gasteiger partial charge is 0.244 e. The van der Waals surface area contributed by atoms with Crippen molar-refractivity contribution in [1.29, 1.82) is 0 Å². The number of rotatable bonds is 1. The summed E-state index contributed by atoms with van der Waals surface area (Å²) in [4.78, 5) is 18.6. The maximum Gasteiger partial charge on any atom is 0.368 e. The maximum atomic E-state index is 11.0. The third-order valence-electron chi connectivity index (χ3n) is 2.17. The fourth-order valence-corrected chi connectivity index (χ4v) is 2.32. The van der Waals surface area contributed by atoms with Gasteiger partial charge in [-0.15, -0.1) is 0 Å². The molecule has 0 fully saturated rings. The van der Waals surface area contributed by atoms with Crippen molar-refractivity contribution in [2.24, 2.45) is 9.98 Å². The van der Waals surface area contributed by atoms with Crippen molar-refractivity contribution in [3.63, 3.8) is 0 Å². The van der Waals surface area contributed by atoms with Crippen LogP contribution in [0.5, 0.6) is 0 Å². The van der Waals surface area contributed by atoms with Crippen molar-refractivity contribution in [3.8, 4) is 0 Å². The first-order chi connectivity index (χ1) is 6.59. The average molecular weight is 253 g/mol. The Morgan fingerprint density at radius 3 is 2.64 bits per heavy atom. The average Bonchev–Trinajstić information content (AvgIpc) is 2.46. The van der Waals surface area contributed by atoms with E-state index in [0.29, 0.717) is 16.6 Å². The largest absolute Gasteiger partial charge is 0.368 e. The molecule has 1 aromatic carbocycles. The lowest BCUT2D eigenvalue weighted by Crippen LogP contribution is -2.24. The Bertz CT molecular complexity index is 520. The van der Waals surface area contributed by atoms with E-state index in [2.05, 4.69) is 39.8 Å². The summed E-state index contributed by atoms with van der Waals surface area (Å²) >= 11 is 3.45. The predicted octanol–water partition coefficient (Wildman–Crippen LogP) is 1.95. The summed E-state index contributed by atoms with van der Waals surface area (Å²) in [6, 6.07) is 3.40. The van der Waals surface area contributed by atoms with E-state index in [9.17, 15) is 4.79 Å². The lowest BCUT2D eigenvalue weighted by molar-refractivity contribution is 0.256. The third kappa shape index (κ3) is 1.39. The highest BCUT2D eigenvalue weighted by molar-refractivity contribution is 9.10. The van der Waals surface area contributed by atoms with Crippen molar-refractivity contribution < 1.29 is 4.79 Å². The van der Waals surface area contributed by atoms with Gasteiger partial charge in [0.05, 0.1) is 5.36 Å². The highest BCUT2D eigenvalue weighted by Crippen LogP contribution is 2.20. The number of benzene rings is 1. The van der Waals surface area contributed by atoms with Crippen molar-refractivity contribution in [2.75, 3.05) is 0 Å². The SMILES string of the molecule is CC(C)c1ccc2c(c1Br)=NC(=O)N=2. The second-order valence-electron chi connectivity index (χ2n) is 3.50. The van der Waals surface area contributed by atoms with Gasteiger partial charge in [-0.25, -0.2) is 4.79 Å². The van der Waals surface area contributed by atoms with Gasteiger partial charge in [0.15, 0.2) is 0 Å². The minimum atomic E-state index is -0.415. The van der Waals surface area contributed by atoms with E-state index in [4.69, 9.17) is 0 Å². The normalized spacial score (nSPS) is 13.9. The molecule has 4 heteroatoms. The van der Waals surface area contributed by atoms with Gasteiger partial charge < -0.3 is 0 Å². The quantitative estimate of drug-likeness (QED) is 0.754. The number of urea groups is 1. The fourth-order valence-electron chi connectivity index (χ4n) is 1.44.